The molecule has 0 aliphatic heterocycles. The van der Waals surface area contributed by atoms with Crippen LogP contribution in [0, 0.1) is 0 Å². The van der Waals surface area contributed by atoms with Crippen LogP contribution in [0.3, 0.4) is 0 Å². The van der Waals surface area contributed by atoms with Crippen LogP contribution in [-0.2, 0) is 0 Å². The van der Waals surface area contributed by atoms with E-state index in [1.54, 1.807) is 11.9 Å². The number of rotatable bonds is 3. The van der Waals surface area contributed by atoms with Gasteiger partial charge >= 0.3 is 0 Å². The molecule has 1 saturated carbocycles. The van der Waals surface area contributed by atoms with Crippen LogP contribution in [0.2, 0.25) is 0 Å². The van der Waals surface area contributed by atoms with Crippen molar-refractivity contribution >= 4 is 17.2 Å². The normalized spacial score (nSPS) is 18.6. The predicted molar refractivity (Wildman–Crippen MR) is 64.7 cm³/mol. The van der Waals surface area contributed by atoms with E-state index in [2.05, 4.69) is 0 Å². The highest BCUT2D eigenvalue weighted by atomic mass is 32.1. The van der Waals surface area contributed by atoms with Gasteiger partial charge in [0.1, 0.15) is 0 Å². The monoisotopic (exact) mass is 239 g/mol. The second-order valence-electron chi connectivity index (χ2n) is 4.57. The Balaban J connectivity index is 1.97. The highest BCUT2D eigenvalue weighted by molar-refractivity contribution is 7.12. The van der Waals surface area contributed by atoms with Crippen molar-refractivity contribution in [3.05, 3.63) is 22.4 Å². The minimum Gasteiger partial charge on any atom is -0.388 e. The molecule has 1 N–H and O–H groups in total. The van der Waals surface area contributed by atoms with Crippen molar-refractivity contribution in [2.75, 3.05) is 13.6 Å². The van der Waals surface area contributed by atoms with Crippen molar-refractivity contribution in [2.45, 2.75) is 31.3 Å². The molecule has 0 radical (unpaired) electrons. The molecule has 1 amide bonds. The van der Waals surface area contributed by atoms with Crippen LogP contribution in [0.1, 0.15) is 35.4 Å². The molecule has 0 unspecified atom stereocenters. The number of carbonyl (C=O) groups excluding carboxylic acids is 1. The first-order valence-corrected chi connectivity index (χ1v) is 6.50. The zero-order chi connectivity index (χ0) is 11.6. The first-order chi connectivity index (χ1) is 7.61. The molecular weight excluding hydrogens is 222 g/mol. The van der Waals surface area contributed by atoms with E-state index in [-0.39, 0.29) is 5.91 Å². The number of aliphatic hydroxyl groups is 1. The first-order valence-electron chi connectivity index (χ1n) is 5.62. The smallest absolute Gasteiger partial charge is 0.263 e. The van der Waals surface area contributed by atoms with Crippen molar-refractivity contribution < 1.29 is 9.90 Å². The zero-order valence-electron chi connectivity index (χ0n) is 9.48. The van der Waals surface area contributed by atoms with Crippen LogP contribution in [-0.4, -0.2) is 35.1 Å². The van der Waals surface area contributed by atoms with Gasteiger partial charge in [0.25, 0.3) is 5.91 Å². The highest BCUT2D eigenvalue weighted by Crippen LogP contribution is 2.30. The number of hydrogen-bond acceptors (Lipinski definition) is 3. The lowest BCUT2D eigenvalue weighted by molar-refractivity contribution is 0.0158. The zero-order valence-corrected chi connectivity index (χ0v) is 10.3. The van der Waals surface area contributed by atoms with Crippen molar-refractivity contribution in [1.29, 1.82) is 0 Å². The van der Waals surface area contributed by atoms with E-state index in [0.29, 0.717) is 6.54 Å². The maximum absolute atomic E-state index is 12.0. The van der Waals surface area contributed by atoms with Gasteiger partial charge in [-0.3, -0.25) is 4.79 Å². The quantitative estimate of drug-likeness (QED) is 0.877. The summed E-state index contributed by atoms with van der Waals surface area (Å²) in [7, 11) is 1.76. The molecule has 16 heavy (non-hydrogen) atoms. The number of amides is 1. The first kappa shape index (κ1) is 11.6. The van der Waals surface area contributed by atoms with Crippen molar-refractivity contribution in [3.8, 4) is 0 Å². The van der Waals surface area contributed by atoms with Crippen LogP contribution in [0.25, 0.3) is 0 Å². The average Bonchev–Trinajstić information content (AvgIpc) is 2.87. The Labute approximate surface area is 99.7 Å². The third kappa shape index (κ3) is 2.44. The third-order valence-corrected chi connectivity index (χ3v) is 4.00. The van der Waals surface area contributed by atoms with Crippen LogP contribution in [0.4, 0.5) is 0 Å². The van der Waals surface area contributed by atoms with E-state index in [9.17, 15) is 9.90 Å². The summed E-state index contributed by atoms with van der Waals surface area (Å²) in [4.78, 5) is 14.3. The van der Waals surface area contributed by atoms with Gasteiger partial charge in [-0.15, -0.1) is 11.3 Å². The molecule has 0 aromatic carbocycles. The molecule has 88 valence electrons. The fraction of sp³-hybridized carbons (Fsp3) is 0.583. The summed E-state index contributed by atoms with van der Waals surface area (Å²) in [6.45, 7) is 0.448. The summed E-state index contributed by atoms with van der Waals surface area (Å²) in [6, 6.07) is 3.69. The molecule has 3 nitrogen and oxygen atoms in total. The van der Waals surface area contributed by atoms with Gasteiger partial charge in [0.05, 0.1) is 10.5 Å². The lowest BCUT2D eigenvalue weighted by Crippen LogP contribution is -2.41. The Morgan fingerprint density at radius 1 is 1.56 bits per heavy atom. The molecule has 0 spiro atoms. The minimum absolute atomic E-state index is 0.00956. The molecule has 1 aliphatic carbocycles. The van der Waals surface area contributed by atoms with Gasteiger partial charge in [-0.25, -0.2) is 0 Å². The molecule has 0 saturated heterocycles. The number of hydrogen-bond donors (Lipinski definition) is 1. The topological polar surface area (TPSA) is 40.5 Å². The number of likely N-dealkylation sites (N-methyl/N-ethyl adjacent to an activating group) is 1. The van der Waals surface area contributed by atoms with Gasteiger partial charge in [0, 0.05) is 13.6 Å². The van der Waals surface area contributed by atoms with Crippen molar-refractivity contribution in [2.24, 2.45) is 0 Å². The van der Waals surface area contributed by atoms with Gasteiger partial charge in [-0.1, -0.05) is 18.9 Å². The molecule has 1 heterocycles. The second-order valence-corrected chi connectivity index (χ2v) is 5.52. The Morgan fingerprint density at radius 2 is 2.25 bits per heavy atom. The SMILES string of the molecule is CN(CC1(O)CCCC1)C(=O)c1cccs1. The fourth-order valence-electron chi connectivity index (χ4n) is 2.29. The molecule has 0 bridgehead atoms. The molecule has 4 heteroatoms. The summed E-state index contributed by atoms with van der Waals surface area (Å²) >= 11 is 1.44. The second kappa shape index (κ2) is 4.55. The highest BCUT2D eigenvalue weighted by Gasteiger charge is 2.33. The standard InChI is InChI=1S/C12H17NO2S/c1-13(9-12(15)6-2-3-7-12)11(14)10-5-4-8-16-10/h4-5,8,15H,2-3,6-7,9H2,1H3. The minimum atomic E-state index is -0.651. The Bertz CT molecular complexity index is 355. The molecule has 1 fully saturated rings. The molecule has 0 atom stereocenters. The van der Waals surface area contributed by atoms with Gasteiger partial charge in [0.2, 0.25) is 0 Å². The Hall–Kier alpha value is -0.870. The Kier molecular flexibility index (Phi) is 3.30. The fourth-order valence-corrected chi connectivity index (χ4v) is 3.01. The van der Waals surface area contributed by atoms with Crippen molar-refractivity contribution in [3.63, 3.8) is 0 Å². The van der Waals surface area contributed by atoms with E-state index in [1.165, 1.54) is 11.3 Å². The summed E-state index contributed by atoms with van der Waals surface area (Å²) in [5.74, 6) is 0.00956. The van der Waals surface area contributed by atoms with E-state index in [4.69, 9.17) is 0 Å². The maximum Gasteiger partial charge on any atom is 0.263 e. The molecule has 2 rings (SSSR count). The summed E-state index contributed by atoms with van der Waals surface area (Å²) in [6.07, 6.45) is 3.76. The predicted octanol–water partition coefficient (Wildman–Crippen LogP) is 2.13. The molecule has 1 aromatic rings. The third-order valence-electron chi connectivity index (χ3n) is 3.14. The van der Waals surface area contributed by atoms with E-state index in [0.717, 1.165) is 30.6 Å². The summed E-state index contributed by atoms with van der Waals surface area (Å²) < 4.78 is 0. The lowest BCUT2D eigenvalue weighted by atomic mass is 10.0. The number of thiophene rings is 1. The van der Waals surface area contributed by atoms with E-state index >= 15 is 0 Å². The van der Waals surface area contributed by atoms with E-state index in [1.807, 2.05) is 17.5 Å². The average molecular weight is 239 g/mol. The number of nitrogens with zero attached hydrogens (tertiary/aromatic N) is 1. The van der Waals surface area contributed by atoms with Crippen molar-refractivity contribution in [1.82, 2.24) is 4.90 Å². The van der Waals surface area contributed by atoms with Gasteiger partial charge < -0.3 is 10.0 Å². The summed E-state index contributed by atoms with van der Waals surface area (Å²) in [5.41, 5.74) is -0.651. The van der Waals surface area contributed by atoms with Gasteiger partial charge in [-0.2, -0.15) is 0 Å². The largest absolute Gasteiger partial charge is 0.388 e. The lowest BCUT2D eigenvalue weighted by Gasteiger charge is -2.28. The van der Waals surface area contributed by atoms with Crippen LogP contribution >= 0.6 is 11.3 Å². The maximum atomic E-state index is 12.0. The molecule has 1 aliphatic rings. The van der Waals surface area contributed by atoms with Crippen LogP contribution in [0.5, 0.6) is 0 Å². The Morgan fingerprint density at radius 3 is 2.81 bits per heavy atom. The van der Waals surface area contributed by atoms with Gasteiger partial charge in [-0.05, 0) is 24.3 Å². The van der Waals surface area contributed by atoms with E-state index < -0.39 is 5.60 Å². The molecular formula is C12H17NO2S. The van der Waals surface area contributed by atoms with Crippen LogP contribution < -0.4 is 0 Å². The summed E-state index contributed by atoms with van der Waals surface area (Å²) in [5, 5.41) is 12.1. The van der Waals surface area contributed by atoms with Crippen LogP contribution in [0.15, 0.2) is 17.5 Å². The molecule has 1 aromatic heterocycles. The number of carbonyl (C=O) groups is 1. The van der Waals surface area contributed by atoms with Gasteiger partial charge in [0.15, 0.2) is 0 Å².